The van der Waals surface area contributed by atoms with Crippen molar-refractivity contribution in [2.24, 2.45) is 11.3 Å². The molecule has 0 saturated carbocycles. The maximum atomic E-state index is 14.6. The number of fused-ring (bicyclic) bond motifs is 6. The third-order valence-corrected chi connectivity index (χ3v) is 14.1. The number of esters is 1. The van der Waals surface area contributed by atoms with E-state index in [0.29, 0.717) is 57.1 Å². The number of nitrogens with zero attached hydrogens (tertiary/aromatic N) is 6. The van der Waals surface area contributed by atoms with Crippen LogP contribution in [-0.2, 0) is 48.0 Å². The van der Waals surface area contributed by atoms with Gasteiger partial charge in [-0.25, -0.2) is 15.2 Å². The summed E-state index contributed by atoms with van der Waals surface area (Å²) in [5.74, 6) is -1.53. The van der Waals surface area contributed by atoms with Crippen molar-refractivity contribution >= 4 is 46.1 Å². The molecule has 3 aromatic heterocycles. The molecule has 0 radical (unpaired) electrons. The number of hydrogen-bond acceptors (Lipinski definition) is 11. The van der Waals surface area contributed by atoms with Gasteiger partial charge in [-0.15, -0.1) is 11.3 Å². The van der Waals surface area contributed by atoms with E-state index in [1.165, 1.54) is 21.2 Å². The van der Waals surface area contributed by atoms with Crippen LogP contribution in [0.2, 0.25) is 0 Å². The molecule has 16 heteroatoms. The van der Waals surface area contributed by atoms with Crippen molar-refractivity contribution in [1.82, 2.24) is 40.1 Å². The van der Waals surface area contributed by atoms with Gasteiger partial charge in [0.05, 0.1) is 47.9 Å². The van der Waals surface area contributed by atoms with E-state index in [0.717, 1.165) is 57.5 Å². The van der Waals surface area contributed by atoms with E-state index >= 15 is 0 Å². The van der Waals surface area contributed by atoms with Crippen LogP contribution >= 0.6 is 11.3 Å². The van der Waals surface area contributed by atoms with Gasteiger partial charge in [0, 0.05) is 79.3 Å². The molecule has 7 heterocycles. The number of nitrogens with one attached hydrogen (secondary N) is 2. The van der Waals surface area contributed by atoms with Gasteiger partial charge in [-0.3, -0.25) is 24.4 Å². The fraction of sp³-hybridized carbons (Fsp3) is 0.574. The van der Waals surface area contributed by atoms with E-state index in [4.69, 9.17) is 24.2 Å². The molecule has 1 unspecified atom stereocenters. The zero-order chi connectivity index (χ0) is 44.8. The molecular weight excluding hydrogens is 821 g/mol. The summed E-state index contributed by atoms with van der Waals surface area (Å²) >= 11 is 1.43. The number of cyclic esters (lactones) is 1. The number of likely N-dealkylation sites (N-methyl/N-ethyl adjacent to an activating group) is 1. The standard InChI is InChI=1S/C47H62N8O7S/c1-9-54-37-16-15-30-21-32(37)33(41(54)31-13-10-18-48-39(31)29(4)60-8)23-46(5,6)27-61-44(58)34-14-11-19-55(51-34)43(57)35(22-38-49-36(30)24-63-38)50-42(56)40(28(2)3)52(7)45(59)53-25-47(26-53)17-12-20-62-47/h10,13,15-16,18,21,24,28-29,34-35,40,51H,9,11-12,14,17,19-20,22-23,25-27H2,1-8H3,(H,50,56)/t29-,34-,35-,40?/m0/s1. The van der Waals surface area contributed by atoms with Crippen molar-refractivity contribution in [3.8, 4) is 22.5 Å². The number of amides is 4. The predicted molar refractivity (Wildman–Crippen MR) is 241 cm³/mol. The summed E-state index contributed by atoms with van der Waals surface area (Å²) in [6.07, 6.45) is 5.19. The number of aryl methyl sites for hydroxylation is 1. The highest BCUT2D eigenvalue weighted by molar-refractivity contribution is 7.10. The molecule has 15 nitrogen and oxygen atoms in total. The Morgan fingerprint density at radius 1 is 1.14 bits per heavy atom. The molecule has 4 aliphatic heterocycles. The van der Waals surface area contributed by atoms with Crippen LogP contribution in [0.4, 0.5) is 4.79 Å². The number of likely N-dealkylation sites (tertiary alicyclic amines) is 1. The van der Waals surface area contributed by atoms with Gasteiger partial charge >= 0.3 is 12.0 Å². The molecule has 4 amide bonds. The lowest BCUT2D eigenvalue weighted by molar-refractivity contribution is -0.155. The minimum absolute atomic E-state index is 0.108. The Labute approximate surface area is 373 Å². The molecule has 4 aromatic rings. The third-order valence-electron chi connectivity index (χ3n) is 13.2. The topological polar surface area (TPSA) is 160 Å². The Bertz CT molecular complexity index is 2360. The molecule has 1 aromatic carbocycles. The highest BCUT2D eigenvalue weighted by Crippen LogP contribution is 2.42. The fourth-order valence-electron chi connectivity index (χ4n) is 9.88. The van der Waals surface area contributed by atoms with Crippen molar-refractivity contribution in [3.05, 3.63) is 58.2 Å². The second kappa shape index (κ2) is 17.9. The molecule has 0 aliphatic carbocycles. The molecule has 8 rings (SSSR count). The number of thiazole rings is 1. The zero-order valence-corrected chi connectivity index (χ0v) is 38.7. The summed E-state index contributed by atoms with van der Waals surface area (Å²) in [6, 6.07) is 7.55. The number of urea groups is 1. The predicted octanol–water partition coefficient (Wildman–Crippen LogP) is 6.14. The molecular formula is C47H62N8O7S. The van der Waals surface area contributed by atoms with E-state index in [2.05, 4.69) is 60.3 Å². The van der Waals surface area contributed by atoms with E-state index < -0.39 is 41.3 Å². The number of pyridine rings is 1. The summed E-state index contributed by atoms with van der Waals surface area (Å²) in [5.41, 5.74) is 9.11. The Balaban J connectivity index is 1.16. The van der Waals surface area contributed by atoms with Gasteiger partial charge in [-0.2, -0.15) is 0 Å². The first kappa shape index (κ1) is 44.7. The monoisotopic (exact) mass is 882 g/mol. The molecule has 63 heavy (non-hydrogen) atoms. The number of hydrazine groups is 1. The number of rotatable bonds is 8. The van der Waals surface area contributed by atoms with Crippen LogP contribution in [-0.4, -0.2) is 124 Å². The van der Waals surface area contributed by atoms with Gasteiger partial charge in [-0.1, -0.05) is 33.8 Å². The number of benzene rings is 1. The van der Waals surface area contributed by atoms with Crippen LogP contribution in [0.1, 0.15) is 89.6 Å². The largest absolute Gasteiger partial charge is 0.464 e. The number of carbonyl (C=O) groups is 4. The first-order valence-corrected chi connectivity index (χ1v) is 23.3. The quantitative estimate of drug-likeness (QED) is 0.197. The van der Waals surface area contributed by atoms with Crippen LogP contribution < -0.4 is 10.7 Å². The average Bonchev–Trinajstić information content (AvgIpc) is 4.02. The van der Waals surface area contributed by atoms with Gasteiger partial charge in [0.25, 0.3) is 5.91 Å². The highest BCUT2D eigenvalue weighted by atomic mass is 32.1. The highest BCUT2D eigenvalue weighted by Gasteiger charge is 2.50. The molecule has 1 spiro atoms. The molecule has 4 aliphatic rings. The summed E-state index contributed by atoms with van der Waals surface area (Å²) in [5, 5.41) is 8.20. The normalized spacial score (nSPS) is 22.1. The fourth-order valence-corrected chi connectivity index (χ4v) is 10.7. The number of carbonyl (C=O) groups excluding carboxylic acids is 4. The van der Waals surface area contributed by atoms with Gasteiger partial charge < -0.3 is 33.9 Å². The van der Waals surface area contributed by atoms with Gasteiger partial charge in [0.15, 0.2) is 0 Å². The number of ether oxygens (including phenoxy) is 3. The van der Waals surface area contributed by atoms with Crippen LogP contribution in [0.3, 0.4) is 0 Å². The zero-order valence-electron chi connectivity index (χ0n) is 37.9. The molecule has 2 N–H and O–H groups in total. The van der Waals surface area contributed by atoms with E-state index in [-0.39, 0.29) is 36.7 Å². The van der Waals surface area contributed by atoms with Crippen LogP contribution in [0, 0.1) is 11.3 Å². The summed E-state index contributed by atoms with van der Waals surface area (Å²) in [6.45, 7) is 15.0. The molecule has 338 valence electrons. The lowest BCUT2D eigenvalue weighted by atomic mass is 9.84. The van der Waals surface area contributed by atoms with Crippen molar-refractivity contribution < 1.29 is 33.4 Å². The average molecular weight is 883 g/mol. The van der Waals surface area contributed by atoms with Gasteiger partial charge in [-0.05, 0) is 81.7 Å². The van der Waals surface area contributed by atoms with Crippen LogP contribution in [0.25, 0.3) is 33.4 Å². The first-order valence-electron chi connectivity index (χ1n) is 22.4. The maximum Gasteiger partial charge on any atom is 0.324 e. The second-order valence-electron chi connectivity index (χ2n) is 18.8. The number of aromatic nitrogens is 3. The van der Waals surface area contributed by atoms with Crippen molar-refractivity contribution in [2.45, 2.75) is 116 Å². The van der Waals surface area contributed by atoms with Crippen LogP contribution in [0.15, 0.2) is 41.9 Å². The molecule has 3 fully saturated rings. The molecule has 3 saturated heterocycles. The Kier molecular flexibility index (Phi) is 12.7. The van der Waals surface area contributed by atoms with Crippen molar-refractivity contribution in [2.75, 3.05) is 47.0 Å². The summed E-state index contributed by atoms with van der Waals surface area (Å²) in [7, 11) is 3.33. The summed E-state index contributed by atoms with van der Waals surface area (Å²) in [4.78, 5) is 69.7. The smallest absolute Gasteiger partial charge is 0.324 e. The van der Waals surface area contributed by atoms with E-state index in [1.807, 2.05) is 32.2 Å². The Morgan fingerprint density at radius 3 is 2.65 bits per heavy atom. The molecule has 6 bridgehead atoms. The van der Waals surface area contributed by atoms with E-state index in [1.54, 1.807) is 25.3 Å². The third kappa shape index (κ3) is 8.83. The number of methoxy groups -OCH3 is 1. The Hall–Kier alpha value is -4.90. The van der Waals surface area contributed by atoms with Crippen molar-refractivity contribution in [1.29, 1.82) is 0 Å². The van der Waals surface area contributed by atoms with E-state index in [9.17, 15) is 19.2 Å². The van der Waals surface area contributed by atoms with Crippen LogP contribution in [0.5, 0.6) is 0 Å². The maximum absolute atomic E-state index is 14.6. The van der Waals surface area contributed by atoms with Crippen molar-refractivity contribution in [3.63, 3.8) is 0 Å². The second-order valence-corrected chi connectivity index (χ2v) is 19.8. The minimum Gasteiger partial charge on any atom is -0.464 e. The van der Waals surface area contributed by atoms with Gasteiger partial charge in [0.1, 0.15) is 23.7 Å². The Morgan fingerprint density at radius 2 is 1.94 bits per heavy atom. The minimum atomic E-state index is -1.04. The SMILES string of the molecule is CCn1c(-c2cccnc2[C@H](C)OC)c2c3cc(ccc31)-c1csc(n1)C[C@H](NC(=O)C(C(C)C)N(C)C(=O)N1CC3(CCCO3)C1)C(=O)N1CCC[C@H](N1)C(=O)OCC(C)(C)C2. The van der Waals surface area contributed by atoms with Gasteiger partial charge in [0.2, 0.25) is 5.91 Å². The first-order chi connectivity index (χ1) is 30.1. The molecule has 4 atom stereocenters. The lowest BCUT2D eigenvalue weighted by Gasteiger charge is -2.49. The summed E-state index contributed by atoms with van der Waals surface area (Å²) < 4.78 is 20.2. The lowest BCUT2D eigenvalue weighted by Crippen LogP contribution is -2.67. The number of hydrogen-bond donors (Lipinski definition) is 2.